The number of oxime groups is 1. The Kier molecular flexibility index (Phi) is 4.50. The first-order valence-corrected chi connectivity index (χ1v) is 8.16. The average Bonchev–Trinajstić information content (AvgIpc) is 2.59. The van der Waals surface area contributed by atoms with Gasteiger partial charge in [-0.2, -0.15) is 4.98 Å². The summed E-state index contributed by atoms with van der Waals surface area (Å²) >= 11 is 0. The van der Waals surface area contributed by atoms with E-state index in [0.717, 1.165) is 17.0 Å². The number of ketones is 1. The van der Waals surface area contributed by atoms with Crippen molar-refractivity contribution in [1.29, 1.82) is 0 Å². The van der Waals surface area contributed by atoms with Crippen molar-refractivity contribution in [3.05, 3.63) is 35.3 Å². The third-order valence-electron chi connectivity index (χ3n) is 4.15. The van der Waals surface area contributed by atoms with E-state index >= 15 is 0 Å². The zero-order valence-corrected chi connectivity index (χ0v) is 15.5. The Morgan fingerprint density at radius 1 is 1.25 bits per heavy atom. The van der Waals surface area contributed by atoms with Crippen LogP contribution in [0.1, 0.15) is 36.8 Å². The van der Waals surface area contributed by atoms with Crippen LogP contribution in [-0.4, -0.2) is 50.5 Å². The Balaban J connectivity index is 2.40. The van der Waals surface area contributed by atoms with Gasteiger partial charge in [-0.05, 0) is 39.0 Å². The van der Waals surface area contributed by atoms with E-state index in [0.29, 0.717) is 0 Å². The zero-order chi connectivity index (χ0) is 20.8. The van der Waals surface area contributed by atoms with Crippen LogP contribution < -0.4 is 9.64 Å². The van der Waals surface area contributed by atoms with Crippen molar-refractivity contribution in [2.45, 2.75) is 26.3 Å². The second kappa shape index (κ2) is 6.55. The van der Waals surface area contributed by atoms with Crippen LogP contribution >= 0.6 is 0 Å². The molecule has 0 saturated heterocycles. The van der Waals surface area contributed by atoms with Crippen molar-refractivity contribution in [2.75, 3.05) is 12.0 Å². The van der Waals surface area contributed by atoms with Crippen molar-refractivity contribution in [3.63, 3.8) is 0 Å². The SMILES string of the molecule is COc1nc(N(C(=O)O)C(C)(C)C)nc2c1-c1cc(F)ccc1C(=O)/C2=N/O. The van der Waals surface area contributed by atoms with Crippen LogP contribution in [0.5, 0.6) is 5.88 Å². The number of carboxylic acid groups (broad SMARTS) is 1. The van der Waals surface area contributed by atoms with E-state index in [-0.39, 0.29) is 34.2 Å². The van der Waals surface area contributed by atoms with Gasteiger partial charge in [-0.15, -0.1) is 0 Å². The van der Waals surface area contributed by atoms with Crippen molar-refractivity contribution in [1.82, 2.24) is 9.97 Å². The normalized spacial score (nSPS) is 14.5. The third kappa shape index (κ3) is 2.92. The number of carbonyl (C=O) groups is 2. The van der Waals surface area contributed by atoms with Gasteiger partial charge in [0.2, 0.25) is 17.6 Å². The fourth-order valence-electron chi connectivity index (χ4n) is 3.01. The number of Topliss-reactive ketones (excluding diaryl/α,β-unsaturated/α-hetero) is 1. The van der Waals surface area contributed by atoms with Gasteiger partial charge in [0.15, 0.2) is 5.71 Å². The highest BCUT2D eigenvalue weighted by molar-refractivity contribution is 6.54. The highest BCUT2D eigenvalue weighted by Gasteiger charge is 2.37. The lowest BCUT2D eigenvalue weighted by Crippen LogP contribution is -2.46. The lowest BCUT2D eigenvalue weighted by Gasteiger charge is -2.32. The lowest BCUT2D eigenvalue weighted by molar-refractivity contribution is 0.106. The molecule has 0 atom stereocenters. The molecule has 1 aromatic heterocycles. The molecule has 0 radical (unpaired) electrons. The number of rotatable bonds is 2. The number of halogens is 1. The summed E-state index contributed by atoms with van der Waals surface area (Å²) in [4.78, 5) is 33.7. The van der Waals surface area contributed by atoms with Crippen LogP contribution in [-0.2, 0) is 0 Å². The van der Waals surface area contributed by atoms with Gasteiger partial charge < -0.3 is 15.1 Å². The Hall–Kier alpha value is -3.56. The maximum atomic E-state index is 13.8. The fraction of sp³-hybridized carbons (Fsp3) is 0.278. The van der Waals surface area contributed by atoms with E-state index in [4.69, 9.17) is 4.74 Å². The highest BCUT2D eigenvalue weighted by Crippen LogP contribution is 2.40. The number of aromatic nitrogens is 2. The maximum absolute atomic E-state index is 13.8. The summed E-state index contributed by atoms with van der Waals surface area (Å²) in [5, 5.41) is 22.1. The number of amides is 1. The summed E-state index contributed by atoms with van der Waals surface area (Å²) < 4.78 is 19.1. The molecule has 10 heteroatoms. The molecule has 3 rings (SSSR count). The van der Waals surface area contributed by atoms with Gasteiger partial charge in [0.25, 0.3) is 0 Å². The van der Waals surface area contributed by atoms with Gasteiger partial charge in [-0.1, -0.05) is 5.16 Å². The molecule has 2 aromatic rings. The summed E-state index contributed by atoms with van der Waals surface area (Å²) in [5.74, 6) is -1.65. The topological polar surface area (TPSA) is 125 Å². The van der Waals surface area contributed by atoms with Crippen LogP contribution in [0, 0.1) is 5.82 Å². The van der Waals surface area contributed by atoms with Crippen molar-refractivity contribution in [2.24, 2.45) is 5.16 Å². The molecule has 1 amide bonds. The van der Waals surface area contributed by atoms with E-state index in [1.807, 2.05) is 0 Å². The van der Waals surface area contributed by atoms with Crippen LogP contribution in [0.4, 0.5) is 15.1 Å². The molecular formula is C18H17FN4O5. The number of hydrogen-bond acceptors (Lipinski definition) is 7. The predicted molar refractivity (Wildman–Crippen MR) is 96.9 cm³/mol. The number of carbonyl (C=O) groups excluding carboxylic acids is 1. The Morgan fingerprint density at radius 3 is 2.46 bits per heavy atom. The molecule has 9 nitrogen and oxygen atoms in total. The minimum absolute atomic E-state index is 0.0854. The van der Waals surface area contributed by atoms with E-state index in [1.54, 1.807) is 20.8 Å². The Labute approximate surface area is 159 Å². The summed E-state index contributed by atoms with van der Waals surface area (Å²) in [5.41, 5.74) is -1.12. The Morgan fingerprint density at radius 2 is 1.93 bits per heavy atom. The number of anilines is 1. The fourth-order valence-corrected chi connectivity index (χ4v) is 3.01. The van der Waals surface area contributed by atoms with Crippen LogP contribution in [0.25, 0.3) is 11.1 Å². The quantitative estimate of drug-likeness (QED) is 0.598. The van der Waals surface area contributed by atoms with Gasteiger partial charge in [-0.3, -0.25) is 4.79 Å². The lowest BCUT2D eigenvalue weighted by atomic mass is 9.86. The largest absolute Gasteiger partial charge is 0.480 e. The first kappa shape index (κ1) is 19.2. The number of hydrogen-bond donors (Lipinski definition) is 2. The second-order valence-corrected chi connectivity index (χ2v) is 7.01. The monoisotopic (exact) mass is 388 g/mol. The highest BCUT2D eigenvalue weighted by atomic mass is 19.1. The molecule has 0 saturated carbocycles. The minimum Gasteiger partial charge on any atom is -0.480 e. The molecule has 28 heavy (non-hydrogen) atoms. The zero-order valence-electron chi connectivity index (χ0n) is 15.5. The molecule has 1 aromatic carbocycles. The first-order valence-electron chi connectivity index (χ1n) is 8.16. The van der Waals surface area contributed by atoms with Crippen molar-refractivity contribution < 1.29 is 29.0 Å². The smallest absolute Gasteiger partial charge is 0.414 e. The number of fused-ring (bicyclic) bond motifs is 3. The van der Waals surface area contributed by atoms with Crippen LogP contribution in [0.3, 0.4) is 0 Å². The predicted octanol–water partition coefficient (Wildman–Crippen LogP) is 2.95. The second-order valence-electron chi connectivity index (χ2n) is 7.01. The maximum Gasteiger partial charge on any atom is 0.414 e. The molecule has 0 bridgehead atoms. The van der Waals surface area contributed by atoms with Gasteiger partial charge in [0, 0.05) is 16.7 Å². The number of methoxy groups -OCH3 is 1. The number of ether oxygens (including phenoxy) is 1. The summed E-state index contributed by atoms with van der Waals surface area (Å²) in [6, 6.07) is 3.47. The van der Waals surface area contributed by atoms with Gasteiger partial charge in [0.05, 0.1) is 12.7 Å². The van der Waals surface area contributed by atoms with E-state index < -0.39 is 28.9 Å². The molecular weight excluding hydrogens is 371 g/mol. The van der Waals surface area contributed by atoms with E-state index in [9.17, 15) is 24.3 Å². The molecule has 2 N–H and O–H groups in total. The Bertz CT molecular complexity index is 1030. The molecule has 0 spiro atoms. The summed E-state index contributed by atoms with van der Waals surface area (Å²) in [6.07, 6.45) is -1.33. The van der Waals surface area contributed by atoms with Gasteiger partial charge >= 0.3 is 6.09 Å². The first-order chi connectivity index (χ1) is 13.1. The molecule has 1 aliphatic rings. The van der Waals surface area contributed by atoms with E-state index in [2.05, 4.69) is 15.1 Å². The van der Waals surface area contributed by atoms with E-state index in [1.165, 1.54) is 13.2 Å². The van der Waals surface area contributed by atoms with Crippen LogP contribution in [0.2, 0.25) is 0 Å². The summed E-state index contributed by atoms with van der Waals surface area (Å²) in [7, 11) is 1.29. The molecule has 1 heterocycles. The van der Waals surface area contributed by atoms with Crippen molar-refractivity contribution >= 4 is 23.5 Å². The van der Waals surface area contributed by atoms with Gasteiger partial charge in [0.1, 0.15) is 11.5 Å². The molecule has 0 aliphatic heterocycles. The minimum atomic E-state index is -1.33. The molecule has 0 unspecified atom stereocenters. The average molecular weight is 388 g/mol. The molecule has 0 fully saturated rings. The molecule has 146 valence electrons. The van der Waals surface area contributed by atoms with Crippen LogP contribution in [0.15, 0.2) is 23.4 Å². The number of benzene rings is 1. The third-order valence-corrected chi connectivity index (χ3v) is 4.15. The van der Waals surface area contributed by atoms with Crippen molar-refractivity contribution in [3.8, 4) is 17.0 Å². The summed E-state index contributed by atoms with van der Waals surface area (Å²) in [6.45, 7) is 4.90. The standard InChI is InChI=1S/C18H17FN4O5/c1-18(2,3)23(17(25)26)16-20-12-11(15(21-16)28-4)10-7-8(19)5-6-9(10)14(24)13(12)22-27/h5-7,27H,1-4H3,(H,25,26)/b22-13+. The van der Waals surface area contributed by atoms with Gasteiger partial charge in [-0.25, -0.2) is 19.1 Å². The molecule has 1 aliphatic carbocycles. The number of nitrogens with zero attached hydrogens (tertiary/aromatic N) is 4.